The molecule has 0 bridgehead atoms. The summed E-state index contributed by atoms with van der Waals surface area (Å²) < 4.78 is 1.89. The average molecular weight is 290 g/mol. The summed E-state index contributed by atoms with van der Waals surface area (Å²) >= 11 is 0. The van der Waals surface area contributed by atoms with Crippen LogP contribution in [0.5, 0.6) is 0 Å². The summed E-state index contributed by atoms with van der Waals surface area (Å²) in [5.74, 6) is 4.72. The Morgan fingerprint density at radius 1 is 1.38 bits per heavy atom. The standard InChI is InChI=1S/C15H22N4O2/c1-18-7-6-13-10(9-18)8-12(14(20)17-16)15(21)19(13)11-4-2-3-5-11/h8,11H,2-7,9,16H2,1H3,(H,17,20). The molecule has 6 heteroatoms. The van der Waals surface area contributed by atoms with Crippen LogP contribution in [-0.2, 0) is 13.0 Å². The lowest BCUT2D eigenvalue weighted by Gasteiger charge is -2.30. The van der Waals surface area contributed by atoms with Crippen molar-refractivity contribution in [2.75, 3.05) is 13.6 Å². The van der Waals surface area contributed by atoms with E-state index in [0.29, 0.717) is 0 Å². The van der Waals surface area contributed by atoms with E-state index in [9.17, 15) is 9.59 Å². The normalized spacial score (nSPS) is 19.5. The van der Waals surface area contributed by atoms with Gasteiger partial charge in [-0.2, -0.15) is 0 Å². The molecule has 2 aliphatic rings. The number of fused-ring (bicyclic) bond motifs is 1. The number of nitrogens with two attached hydrogens (primary N) is 1. The smallest absolute Gasteiger partial charge is 0.270 e. The molecule has 6 nitrogen and oxygen atoms in total. The van der Waals surface area contributed by atoms with Crippen LogP contribution in [-0.4, -0.2) is 29.0 Å². The number of hydrogen-bond donors (Lipinski definition) is 2. The van der Waals surface area contributed by atoms with Gasteiger partial charge in [0.15, 0.2) is 0 Å². The molecule has 1 amide bonds. The highest BCUT2D eigenvalue weighted by atomic mass is 16.2. The largest absolute Gasteiger partial charge is 0.309 e. The van der Waals surface area contributed by atoms with Gasteiger partial charge in [0.2, 0.25) is 0 Å². The Kier molecular flexibility index (Phi) is 3.82. The molecule has 1 aromatic rings. The average Bonchev–Trinajstić information content (AvgIpc) is 3.00. The maximum Gasteiger partial charge on any atom is 0.270 e. The third kappa shape index (κ3) is 2.49. The van der Waals surface area contributed by atoms with Crippen molar-refractivity contribution < 1.29 is 4.79 Å². The van der Waals surface area contributed by atoms with Crippen molar-refractivity contribution in [3.63, 3.8) is 0 Å². The van der Waals surface area contributed by atoms with Crippen molar-refractivity contribution in [1.29, 1.82) is 0 Å². The van der Waals surface area contributed by atoms with E-state index in [2.05, 4.69) is 17.4 Å². The molecule has 21 heavy (non-hydrogen) atoms. The number of nitrogen functional groups attached to an aromatic ring is 1. The highest BCUT2D eigenvalue weighted by Crippen LogP contribution is 2.31. The molecule has 0 saturated heterocycles. The van der Waals surface area contributed by atoms with Crippen molar-refractivity contribution in [2.45, 2.75) is 44.7 Å². The number of carbonyl (C=O) groups is 1. The zero-order chi connectivity index (χ0) is 15.0. The maximum atomic E-state index is 12.7. The topological polar surface area (TPSA) is 80.4 Å². The van der Waals surface area contributed by atoms with Crippen LogP contribution >= 0.6 is 0 Å². The highest BCUT2D eigenvalue weighted by molar-refractivity contribution is 5.93. The van der Waals surface area contributed by atoms with E-state index in [4.69, 9.17) is 5.84 Å². The molecule has 1 saturated carbocycles. The van der Waals surface area contributed by atoms with Crippen LogP contribution in [0.1, 0.15) is 53.3 Å². The van der Waals surface area contributed by atoms with Gasteiger partial charge in [-0.05, 0) is 31.5 Å². The predicted molar refractivity (Wildman–Crippen MR) is 79.9 cm³/mol. The molecule has 0 spiro atoms. The Labute approximate surface area is 123 Å². The van der Waals surface area contributed by atoms with E-state index >= 15 is 0 Å². The summed E-state index contributed by atoms with van der Waals surface area (Å²) in [5, 5.41) is 0. The lowest BCUT2D eigenvalue weighted by Crippen LogP contribution is -2.41. The SMILES string of the molecule is CN1CCc2c(cc(C(=O)NN)c(=O)n2C2CCCC2)C1. The van der Waals surface area contributed by atoms with Crippen molar-refractivity contribution >= 4 is 5.91 Å². The minimum atomic E-state index is -0.497. The molecule has 3 N–H and O–H groups in total. The van der Waals surface area contributed by atoms with Gasteiger partial charge in [0.1, 0.15) is 5.56 Å². The second kappa shape index (κ2) is 5.61. The molecule has 2 heterocycles. The first kappa shape index (κ1) is 14.3. The summed E-state index contributed by atoms with van der Waals surface area (Å²) in [6, 6.07) is 1.96. The first-order chi connectivity index (χ1) is 10.1. The molecule has 0 atom stereocenters. The van der Waals surface area contributed by atoms with Crippen molar-refractivity contribution in [1.82, 2.24) is 14.9 Å². The Balaban J connectivity index is 2.17. The molecule has 0 aromatic carbocycles. The van der Waals surface area contributed by atoms with Gasteiger partial charge in [-0.1, -0.05) is 12.8 Å². The zero-order valence-corrected chi connectivity index (χ0v) is 12.4. The van der Waals surface area contributed by atoms with Crippen LogP contribution in [0.15, 0.2) is 10.9 Å². The Bertz CT molecular complexity index is 617. The van der Waals surface area contributed by atoms with Crippen LogP contribution in [0.25, 0.3) is 0 Å². The van der Waals surface area contributed by atoms with E-state index in [-0.39, 0.29) is 17.2 Å². The first-order valence-corrected chi connectivity index (χ1v) is 7.58. The van der Waals surface area contributed by atoms with Gasteiger partial charge in [-0.3, -0.25) is 15.0 Å². The van der Waals surface area contributed by atoms with Crippen LogP contribution < -0.4 is 16.8 Å². The number of nitrogens with one attached hydrogen (secondary N) is 1. The van der Waals surface area contributed by atoms with Gasteiger partial charge >= 0.3 is 0 Å². The van der Waals surface area contributed by atoms with Crippen LogP contribution in [0.4, 0.5) is 0 Å². The van der Waals surface area contributed by atoms with E-state index in [1.807, 2.05) is 4.57 Å². The number of hydrogen-bond acceptors (Lipinski definition) is 4. The third-order valence-corrected chi connectivity index (χ3v) is 4.67. The summed E-state index contributed by atoms with van der Waals surface area (Å²) in [7, 11) is 2.05. The van der Waals surface area contributed by atoms with Crippen molar-refractivity contribution in [3.8, 4) is 0 Å². The number of hydrazine groups is 1. The van der Waals surface area contributed by atoms with E-state index < -0.39 is 5.91 Å². The number of carbonyl (C=O) groups excluding carboxylic acids is 1. The number of aromatic nitrogens is 1. The molecule has 1 fully saturated rings. The van der Waals surface area contributed by atoms with E-state index in [1.165, 1.54) is 0 Å². The molecule has 1 aromatic heterocycles. The molecule has 0 unspecified atom stereocenters. The number of pyridine rings is 1. The fourth-order valence-electron chi connectivity index (χ4n) is 3.60. The molecular weight excluding hydrogens is 268 g/mol. The molecule has 1 aliphatic heterocycles. The minimum Gasteiger partial charge on any atom is -0.309 e. The Morgan fingerprint density at radius 3 is 2.76 bits per heavy atom. The molecule has 114 valence electrons. The second-order valence-corrected chi connectivity index (χ2v) is 6.10. The van der Waals surface area contributed by atoms with Gasteiger partial charge in [0, 0.05) is 31.2 Å². The predicted octanol–water partition coefficient (Wildman–Crippen LogP) is 0.555. The second-order valence-electron chi connectivity index (χ2n) is 6.10. The number of amides is 1. The summed E-state index contributed by atoms with van der Waals surface area (Å²) in [4.78, 5) is 26.9. The maximum absolute atomic E-state index is 12.7. The van der Waals surface area contributed by atoms with E-state index in [0.717, 1.165) is 56.5 Å². The van der Waals surface area contributed by atoms with Crippen LogP contribution in [0.3, 0.4) is 0 Å². The fraction of sp³-hybridized carbons (Fsp3) is 0.600. The minimum absolute atomic E-state index is 0.165. The highest BCUT2D eigenvalue weighted by Gasteiger charge is 2.27. The molecular formula is C15H22N4O2. The fourth-order valence-corrected chi connectivity index (χ4v) is 3.60. The molecule has 3 rings (SSSR count). The quantitative estimate of drug-likeness (QED) is 0.474. The van der Waals surface area contributed by atoms with E-state index in [1.54, 1.807) is 6.07 Å². The van der Waals surface area contributed by atoms with Gasteiger partial charge < -0.3 is 9.47 Å². The van der Waals surface area contributed by atoms with Gasteiger partial charge in [0.25, 0.3) is 11.5 Å². The van der Waals surface area contributed by atoms with Gasteiger partial charge in [-0.25, -0.2) is 5.84 Å². The van der Waals surface area contributed by atoms with Crippen molar-refractivity contribution in [3.05, 3.63) is 33.2 Å². The number of likely N-dealkylation sites (N-methyl/N-ethyl adjacent to an activating group) is 1. The third-order valence-electron chi connectivity index (χ3n) is 4.67. The Hall–Kier alpha value is -1.66. The van der Waals surface area contributed by atoms with Crippen LogP contribution in [0, 0.1) is 0 Å². The monoisotopic (exact) mass is 290 g/mol. The summed E-state index contributed by atoms with van der Waals surface area (Å²) in [6.45, 7) is 1.72. The summed E-state index contributed by atoms with van der Waals surface area (Å²) in [5.41, 5.74) is 4.26. The Morgan fingerprint density at radius 2 is 2.10 bits per heavy atom. The van der Waals surface area contributed by atoms with Gasteiger partial charge in [0.05, 0.1) is 0 Å². The summed E-state index contributed by atoms with van der Waals surface area (Å²) in [6.07, 6.45) is 5.21. The molecule has 0 radical (unpaired) electrons. The van der Waals surface area contributed by atoms with Crippen molar-refractivity contribution in [2.24, 2.45) is 5.84 Å². The zero-order valence-electron chi connectivity index (χ0n) is 12.4. The lowest BCUT2D eigenvalue weighted by molar-refractivity contribution is 0.0951. The lowest BCUT2D eigenvalue weighted by atomic mass is 10.0. The number of rotatable bonds is 2. The number of nitrogens with zero attached hydrogens (tertiary/aromatic N) is 2. The van der Waals surface area contributed by atoms with Gasteiger partial charge in [-0.15, -0.1) is 0 Å². The molecule has 1 aliphatic carbocycles. The van der Waals surface area contributed by atoms with Crippen LogP contribution in [0.2, 0.25) is 0 Å². The first-order valence-electron chi connectivity index (χ1n) is 7.58.